The second-order valence-electron chi connectivity index (χ2n) is 4.42. The number of aliphatic hydroxyl groups is 1. The monoisotopic (exact) mass is 282 g/mol. The van der Waals surface area contributed by atoms with Crippen LogP contribution >= 0.6 is 11.8 Å². The minimum absolute atomic E-state index is 0.385. The van der Waals surface area contributed by atoms with E-state index in [9.17, 15) is 9.90 Å². The fraction of sp³-hybridized carbons (Fsp3) is 0.500. The van der Waals surface area contributed by atoms with Crippen LogP contribution in [0.15, 0.2) is 30.3 Å². The predicted octanol–water partition coefficient (Wildman–Crippen LogP) is 0.787. The number of aliphatic hydroxyl groups excluding tert-OH is 1. The van der Waals surface area contributed by atoms with E-state index in [1.54, 1.807) is 11.8 Å². The van der Waals surface area contributed by atoms with Gasteiger partial charge < -0.3 is 16.2 Å². The molecule has 0 radical (unpaired) electrons. The molecular formula is C14H22N2O2S. The molecule has 1 aromatic rings. The molecule has 1 aromatic carbocycles. The second kappa shape index (κ2) is 8.96. The quantitative estimate of drug-likeness (QED) is 0.659. The number of benzene rings is 1. The lowest BCUT2D eigenvalue weighted by molar-refractivity contribution is -0.130. The molecule has 0 aliphatic rings. The molecule has 0 bridgehead atoms. The molecule has 4 nitrogen and oxygen atoms in total. The topological polar surface area (TPSA) is 75.3 Å². The van der Waals surface area contributed by atoms with E-state index in [2.05, 4.69) is 5.32 Å². The summed E-state index contributed by atoms with van der Waals surface area (Å²) in [5.74, 6) is 0.458. The van der Waals surface area contributed by atoms with Gasteiger partial charge in [-0.05, 0) is 30.4 Å². The zero-order chi connectivity index (χ0) is 14.1. The fourth-order valence-corrected chi connectivity index (χ4v) is 2.19. The van der Waals surface area contributed by atoms with Crippen LogP contribution in [0.2, 0.25) is 0 Å². The normalized spacial score (nSPS) is 13.8. The number of nitrogens with two attached hydrogens (primary N) is 1. The Hall–Kier alpha value is -1.04. The van der Waals surface area contributed by atoms with Crippen LogP contribution in [-0.2, 0) is 11.2 Å². The molecule has 0 aliphatic heterocycles. The van der Waals surface area contributed by atoms with Gasteiger partial charge in [0.15, 0.2) is 0 Å². The van der Waals surface area contributed by atoms with E-state index in [0.29, 0.717) is 13.0 Å². The van der Waals surface area contributed by atoms with Crippen LogP contribution in [0.4, 0.5) is 0 Å². The molecule has 2 unspecified atom stereocenters. The average Bonchev–Trinajstić information content (AvgIpc) is 2.44. The summed E-state index contributed by atoms with van der Waals surface area (Å²) in [6.07, 6.45) is 2.23. The lowest BCUT2D eigenvalue weighted by Gasteiger charge is -2.17. The van der Waals surface area contributed by atoms with E-state index in [1.807, 2.05) is 36.6 Å². The Balaban J connectivity index is 2.26. The number of hydrogen-bond donors (Lipinski definition) is 3. The first-order chi connectivity index (χ1) is 9.15. The summed E-state index contributed by atoms with van der Waals surface area (Å²) in [5, 5.41) is 12.5. The summed E-state index contributed by atoms with van der Waals surface area (Å²) in [7, 11) is 0. The average molecular weight is 282 g/mol. The maximum absolute atomic E-state index is 11.7. The summed E-state index contributed by atoms with van der Waals surface area (Å²) >= 11 is 1.65. The molecule has 1 amide bonds. The first-order valence-electron chi connectivity index (χ1n) is 6.39. The second-order valence-corrected chi connectivity index (χ2v) is 5.40. The number of rotatable bonds is 8. The van der Waals surface area contributed by atoms with E-state index in [0.717, 1.165) is 17.7 Å². The highest BCUT2D eigenvalue weighted by Crippen LogP contribution is 2.03. The molecule has 1 rings (SSSR count). The van der Waals surface area contributed by atoms with Crippen molar-refractivity contribution >= 4 is 17.7 Å². The zero-order valence-electron chi connectivity index (χ0n) is 11.2. The zero-order valence-corrected chi connectivity index (χ0v) is 12.0. The van der Waals surface area contributed by atoms with Gasteiger partial charge in [0.2, 0.25) is 5.91 Å². The smallest absolute Gasteiger partial charge is 0.250 e. The molecule has 0 saturated carbocycles. The lowest BCUT2D eigenvalue weighted by Crippen LogP contribution is -2.47. The molecule has 0 heterocycles. The van der Waals surface area contributed by atoms with Crippen molar-refractivity contribution in [1.82, 2.24) is 5.32 Å². The molecule has 5 heteroatoms. The van der Waals surface area contributed by atoms with Crippen LogP contribution in [0, 0.1) is 0 Å². The standard InChI is InChI=1S/C14H22N2O2S/c1-19-10-8-12(15)13(17)14(18)16-9-7-11-5-3-2-4-6-11/h2-6,12-13,17H,7-10,15H2,1H3,(H,16,18). The van der Waals surface area contributed by atoms with E-state index in [1.165, 1.54) is 0 Å². The Morgan fingerprint density at radius 3 is 2.74 bits per heavy atom. The van der Waals surface area contributed by atoms with Gasteiger partial charge in [-0.1, -0.05) is 30.3 Å². The predicted molar refractivity (Wildman–Crippen MR) is 80.1 cm³/mol. The van der Waals surface area contributed by atoms with E-state index < -0.39 is 12.1 Å². The highest BCUT2D eigenvalue weighted by Gasteiger charge is 2.21. The molecule has 2 atom stereocenters. The number of nitrogens with one attached hydrogen (secondary N) is 1. The van der Waals surface area contributed by atoms with Crippen molar-refractivity contribution in [2.45, 2.75) is 25.0 Å². The van der Waals surface area contributed by atoms with Crippen LogP contribution in [0.25, 0.3) is 0 Å². The van der Waals surface area contributed by atoms with Gasteiger partial charge in [0, 0.05) is 12.6 Å². The van der Waals surface area contributed by atoms with Crippen molar-refractivity contribution < 1.29 is 9.90 Å². The van der Waals surface area contributed by atoms with Gasteiger partial charge in [-0.15, -0.1) is 0 Å². The third kappa shape index (κ3) is 6.09. The molecular weight excluding hydrogens is 260 g/mol. The number of amides is 1. The Kier molecular flexibility index (Phi) is 7.55. The summed E-state index contributed by atoms with van der Waals surface area (Å²) in [6.45, 7) is 0.509. The van der Waals surface area contributed by atoms with Gasteiger partial charge in [-0.2, -0.15) is 11.8 Å². The number of carbonyl (C=O) groups is 1. The minimum atomic E-state index is -1.12. The number of carbonyl (C=O) groups excluding carboxylic acids is 1. The van der Waals surface area contributed by atoms with Crippen molar-refractivity contribution in [2.24, 2.45) is 5.73 Å². The maximum Gasteiger partial charge on any atom is 0.250 e. The van der Waals surface area contributed by atoms with Crippen LogP contribution in [0.1, 0.15) is 12.0 Å². The van der Waals surface area contributed by atoms with Gasteiger partial charge in [0.05, 0.1) is 0 Å². The molecule has 0 aromatic heterocycles. The highest BCUT2D eigenvalue weighted by atomic mass is 32.2. The van der Waals surface area contributed by atoms with Crippen molar-refractivity contribution in [3.05, 3.63) is 35.9 Å². The molecule has 0 spiro atoms. The van der Waals surface area contributed by atoms with Crippen LogP contribution in [0.3, 0.4) is 0 Å². The summed E-state index contributed by atoms with van der Waals surface area (Å²) in [6, 6.07) is 9.40. The van der Waals surface area contributed by atoms with Crippen LogP contribution < -0.4 is 11.1 Å². The van der Waals surface area contributed by atoms with Crippen LogP contribution in [0.5, 0.6) is 0 Å². The molecule has 4 N–H and O–H groups in total. The van der Waals surface area contributed by atoms with E-state index in [4.69, 9.17) is 5.73 Å². The lowest BCUT2D eigenvalue weighted by atomic mass is 10.1. The first kappa shape index (κ1) is 16.0. The maximum atomic E-state index is 11.7. The molecule has 0 fully saturated rings. The third-order valence-corrected chi connectivity index (χ3v) is 3.53. The van der Waals surface area contributed by atoms with Crippen molar-refractivity contribution in [1.29, 1.82) is 0 Å². The van der Waals surface area contributed by atoms with Gasteiger partial charge in [0.25, 0.3) is 0 Å². The van der Waals surface area contributed by atoms with E-state index >= 15 is 0 Å². The van der Waals surface area contributed by atoms with Gasteiger partial charge in [-0.3, -0.25) is 4.79 Å². The van der Waals surface area contributed by atoms with Crippen molar-refractivity contribution in [3.8, 4) is 0 Å². The molecule has 19 heavy (non-hydrogen) atoms. The first-order valence-corrected chi connectivity index (χ1v) is 7.78. The van der Waals surface area contributed by atoms with Crippen LogP contribution in [-0.4, -0.2) is 41.7 Å². The number of thioether (sulfide) groups is 1. The Morgan fingerprint density at radius 1 is 1.42 bits per heavy atom. The summed E-state index contributed by atoms with van der Waals surface area (Å²) < 4.78 is 0. The highest BCUT2D eigenvalue weighted by molar-refractivity contribution is 7.98. The fourth-order valence-electron chi connectivity index (χ4n) is 1.69. The summed E-state index contributed by atoms with van der Waals surface area (Å²) in [5.41, 5.74) is 6.92. The van der Waals surface area contributed by atoms with E-state index in [-0.39, 0.29) is 5.91 Å². The Labute approximate surface area is 118 Å². The van der Waals surface area contributed by atoms with Gasteiger partial charge >= 0.3 is 0 Å². The SMILES string of the molecule is CSCCC(N)C(O)C(=O)NCCc1ccccc1. The van der Waals surface area contributed by atoms with Crippen molar-refractivity contribution in [2.75, 3.05) is 18.6 Å². The Morgan fingerprint density at radius 2 is 2.11 bits per heavy atom. The Bertz CT molecular complexity index is 373. The van der Waals surface area contributed by atoms with Gasteiger partial charge in [-0.25, -0.2) is 0 Å². The minimum Gasteiger partial charge on any atom is -0.382 e. The van der Waals surface area contributed by atoms with Gasteiger partial charge in [0.1, 0.15) is 6.10 Å². The molecule has 0 aliphatic carbocycles. The largest absolute Gasteiger partial charge is 0.382 e. The third-order valence-electron chi connectivity index (χ3n) is 2.89. The number of hydrogen-bond acceptors (Lipinski definition) is 4. The summed E-state index contributed by atoms with van der Waals surface area (Å²) in [4.78, 5) is 11.7. The molecule has 106 valence electrons. The molecule has 0 saturated heterocycles. The van der Waals surface area contributed by atoms with Crippen molar-refractivity contribution in [3.63, 3.8) is 0 Å².